The molecule has 0 spiro atoms. The van der Waals surface area contributed by atoms with Crippen LogP contribution in [0.3, 0.4) is 0 Å². The lowest BCUT2D eigenvalue weighted by molar-refractivity contribution is 0.0950. The second kappa shape index (κ2) is 7.92. The van der Waals surface area contributed by atoms with E-state index in [1.165, 1.54) is 24.3 Å². The summed E-state index contributed by atoms with van der Waals surface area (Å²) in [6, 6.07) is 12.8. The lowest BCUT2D eigenvalue weighted by atomic mass is 10.2. The van der Waals surface area contributed by atoms with E-state index in [4.69, 9.17) is 4.74 Å². The quantitative estimate of drug-likeness (QED) is 0.756. The molecule has 1 amide bonds. The van der Waals surface area contributed by atoms with Crippen LogP contribution in [-0.2, 0) is 26.2 Å². The zero-order valence-corrected chi connectivity index (χ0v) is 16.9. The van der Waals surface area contributed by atoms with Crippen molar-refractivity contribution < 1.29 is 26.4 Å². The number of para-hydroxylation sites is 1. The summed E-state index contributed by atoms with van der Waals surface area (Å²) in [7, 11) is -5.49. The number of nitrogens with one attached hydrogen (secondary N) is 1. The van der Waals surface area contributed by atoms with Crippen molar-refractivity contribution >= 4 is 25.6 Å². The van der Waals surface area contributed by atoms with E-state index in [9.17, 15) is 21.6 Å². The van der Waals surface area contributed by atoms with Crippen LogP contribution in [0.15, 0.2) is 53.4 Å². The molecule has 1 aliphatic rings. The molecule has 0 aliphatic carbocycles. The number of sulfone groups is 2. The molecule has 1 N–H and O–H groups in total. The summed E-state index contributed by atoms with van der Waals surface area (Å²) in [6.07, 6.45) is 0.103. The maximum absolute atomic E-state index is 12.6. The number of hydrogen-bond acceptors (Lipinski definition) is 6. The van der Waals surface area contributed by atoms with Crippen LogP contribution in [0.4, 0.5) is 0 Å². The van der Waals surface area contributed by atoms with Crippen molar-refractivity contribution in [3.8, 4) is 5.75 Å². The lowest BCUT2D eigenvalue weighted by Gasteiger charge is -2.11. The molecule has 1 atom stereocenters. The molecule has 0 aromatic heterocycles. The molecule has 0 bridgehead atoms. The second-order valence-electron chi connectivity index (χ2n) is 6.59. The summed E-state index contributed by atoms with van der Waals surface area (Å²) in [6.45, 7) is 0.267. The summed E-state index contributed by atoms with van der Waals surface area (Å²) in [5, 5.41) is 1.84. The van der Waals surface area contributed by atoms with Gasteiger partial charge in [-0.2, -0.15) is 0 Å². The topological polar surface area (TPSA) is 107 Å². The maximum Gasteiger partial charge on any atom is 0.251 e. The number of amides is 1. The highest BCUT2D eigenvalue weighted by atomic mass is 32.2. The first-order valence-corrected chi connectivity index (χ1v) is 12.0. The Labute approximate surface area is 164 Å². The molecule has 1 aliphatic heterocycles. The third-order valence-corrected chi connectivity index (χ3v) is 8.89. The summed E-state index contributed by atoms with van der Waals surface area (Å²) in [5.74, 6) is -0.148. The van der Waals surface area contributed by atoms with Crippen LogP contribution in [0.5, 0.6) is 5.75 Å². The first-order chi connectivity index (χ1) is 13.2. The predicted octanol–water partition coefficient (Wildman–Crippen LogP) is 1.59. The lowest BCUT2D eigenvalue weighted by Crippen LogP contribution is -2.24. The van der Waals surface area contributed by atoms with Gasteiger partial charge in [-0.05, 0) is 36.8 Å². The molecule has 1 heterocycles. The summed E-state index contributed by atoms with van der Waals surface area (Å²) < 4.78 is 53.6. The van der Waals surface area contributed by atoms with Gasteiger partial charge >= 0.3 is 0 Å². The highest BCUT2D eigenvalue weighted by Crippen LogP contribution is 2.25. The number of carbonyl (C=O) groups excluding carboxylic acids is 1. The van der Waals surface area contributed by atoms with Crippen molar-refractivity contribution in [2.24, 2.45) is 0 Å². The van der Waals surface area contributed by atoms with E-state index in [1.807, 2.05) is 18.2 Å². The fraction of sp³-hybridized carbons (Fsp3) is 0.316. The van der Waals surface area contributed by atoms with Crippen LogP contribution in [0.1, 0.15) is 22.3 Å². The number of carbonyl (C=O) groups is 1. The Hall–Kier alpha value is -2.39. The third kappa shape index (κ3) is 4.36. The minimum absolute atomic E-state index is 0.0240. The third-order valence-electron chi connectivity index (χ3n) is 4.71. The van der Waals surface area contributed by atoms with E-state index in [0.29, 0.717) is 11.3 Å². The van der Waals surface area contributed by atoms with E-state index in [2.05, 4.69) is 5.32 Å². The van der Waals surface area contributed by atoms with Crippen molar-refractivity contribution in [3.05, 3.63) is 59.7 Å². The number of methoxy groups -OCH3 is 1. The van der Waals surface area contributed by atoms with Crippen molar-refractivity contribution in [2.45, 2.75) is 23.1 Å². The highest BCUT2D eigenvalue weighted by Gasteiger charge is 2.37. The zero-order valence-electron chi connectivity index (χ0n) is 15.3. The molecule has 9 heteroatoms. The number of rotatable bonds is 6. The van der Waals surface area contributed by atoms with E-state index < -0.39 is 24.9 Å². The summed E-state index contributed by atoms with van der Waals surface area (Å²) >= 11 is 0. The van der Waals surface area contributed by atoms with Gasteiger partial charge in [-0.25, -0.2) is 16.8 Å². The monoisotopic (exact) mass is 423 g/mol. The van der Waals surface area contributed by atoms with Gasteiger partial charge in [-0.3, -0.25) is 4.79 Å². The van der Waals surface area contributed by atoms with Crippen LogP contribution < -0.4 is 10.1 Å². The van der Waals surface area contributed by atoms with E-state index in [0.717, 1.165) is 5.56 Å². The van der Waals surface area contributed by atoms with Crippen molar-refractivity contribution in [1.82, 2.24) is 5.32 Å². The molecular weight excluding hydrogens is 402 g/mol. The van der Waals surface area contributed by atoms with Gasteiger partial charge in [0.25, 0.3) is 5.91 Å². The summed E-state index contributed by atoms with van der Waals surface area (Å²) in [4.78, 5) is 12.4. The minimum Gasteiger partial charge on any atom is -0.496 e. The fourth-order valence-corrected chi connectivity index (χ4v) is 7.48. The van der Waals surface area contributed by atoms with Gasteiger partial charge in [0.1, 0.15) is 5.75 Å². The predicted molar refractivity (Wildman–Crippen MR) is 105 cm³/mol. The Morgan fingerprint density at radius 2 is 1.82 bits per heavy atom. The van der Waals surface area contributed by atoms with E-state index in [1.54, 1.807) is 13.2 Å². The van der Waals surface area contributed by atoms with Crippen molar-refractivity contribution in [1.29, 1.82) is 0 Å². The highest BCUT2D eigenvalue weighted by molar-refractivity contribution is 7.96. The standard InChI is InChI=1S/C19H21NO6S2/c1-26-18-5-3-2-4-15(18)12-20-19(21)14-6-8-16(9-7-14)28(24,25)17-10-11-27(22,23)13-17/h2-9,17H,10-13H2,1H3,(H,20,21). The second-order valence-corrected chi connectivity index (χ2v) is 11.0. The molecule has 0 saturated carbocycles. The molecule has 7 nitrogen and oxygen atoms in total. The van der Waals surface area contributed by atoms with E-state index >= 15 is 0 Å². The number of ether oxygens (including phenoxy) is 1. The average Bonchev–Trinajstić information content (AvgIpc) is 3.07. The molecule has 28 heavy (non-hydrogen) atoms. The SMILES string of the molecule is COc1ccccc1CNC(=O)c1ccc(S(=O)(=O)C2CCS(=O)(=O)C2)cc1. The molecule has 1 saturated heterocycles. The van der Waals surface area contributed by atoms with Gasteiger partial charge < -0.3 is 10.1 Å². The van der Waals surface area contributed by atoms with Crippen molar-refractivity contribution in [2.75, 3.05) is 18.6 Å². The number of hydrogen-bond donors (Lipinski definition) is 1. The van der Waals surface area contributed by atoms with Crippen molar-refractivity contribution in [3.63, 3.8) is 0 Å². The smallest absolute Gasteiger partial charge is 0.251 e. The van der Waals surface area contributed by atoms with Crippen LogP contribution in [0.2, 0.25) is 0 Å². The summed E-state index contributed by atoms with van der Waals surface area (Å²) in [5.41, 5.74) is 1.13. The largest absolute Gasteiger partial charge is 0.496 e. The molecule has 150 valence electrons. The van der Waals surface area contributed by atoms with Gasteiger partial charge in [-0.1, -0.05) is 18.2 Å². The van der Waals surface area contributed by atoms with Gasteiger partial charge in [0.2, 0.25) is 0 Å². The minimum atomic E-state index is -3.74. The molecule has 1 fully saturated rings. The average molecular weight is 424 g/mol. The van der Waals surface area contributed by atoms with E-state index in [-0.39, 0.29) is 35.3 Å². The molecule has 1 unspecified atom stereocenters. The molecule has 2 aromatic rings. The van der Waals surface area contributed by atoms with Gasteiger partial charge in [0.05, 0.1) is 28.8 Å². The van der Waals surface area contributed by atoms with Crippen LogP contribution in [0.25, 0.3) is 0 Å². The Kier molecular flexibility index (Phi) is 5.76. The Morgan fingerprint density at radius 1 is 1.14 bits per heavy atom. The first-order valence-electron chi connectivity index (χ1n) is 8.67. The molecule has 0 radical (unpaired) electrons. The van der Waals surface area contributed by atoms with Crippen LogP contribution in [0, 0.1) is 0 Å². The molecule has 2 aromatic carbocycles. The van der Waals surface area contributed by atoms with Gasteiger partial charge in [0.15, 0.2) is 19.7 Å². The molecular formula is C19H21NO6S2. The Morgan fingerprint density at radius 3 is 2.43 bits per heavy atom. The number of benzene rings is 2. The fourth-order valence-electron chi connectivity index (χ4n) is 3.12. The van der Waals surface area contributed by atoms with Crippen LogP contribution in [-0.4, -0.2) is 46.6 Å². The van der Waals surface area contributed by atoms with Crippen LogP contribution >= 0.6 is 0 Å². The maximum atomic E-state index is 12.6. The van der Waals surface area contributed by atoms with Gasteiger partial charge in [0, 0.05) is 17.7 Å². The first kappa shape index (κ1) is 20.3. The Balaban J connectivity index is 1.69. The Bertz CT molecular complexity index is 1080. The zero-order chi connectivity index (χ0) is 20.4. The molecule has 3 rings (SSSR count). The van der Waals surface area contributed by atoms with Gasteiger partial charge in [-0.15, -0.1) is 0 Å². The normalized spacial score (nSPS) is 18.5.